The molecule has 0 spiro atoms. The van der Waals surface area contributed by atoms with Gasteiger partial charge in [0.15, 0.2) is 0 Å². The smallest absolute Gasteiger partial charge is 0.0396 e. The molecule has 0 heterocycles. The first kappa shape index (κ1) is 13.0. The van der Waals surface area contributed by atoms with Crippen LogP contribution in [0, 0.1) is 0 Å². The lowest BCUT2D eigenvalue weighted by Gasteiger charge is -2.20. The molecule has 1 unspecified atom stereocenters. The van der Waals surface area contributed by atoms with Crippen LogP contribution in [-0.2, 0) is 5.41 Å². The molecule has 2 aromatic rings. The van der Waals surface area contributed by atoms with E-state index in [2.05, 4.69) is 39.0 Å². The zero-order valence-electron chi connectivity index (χ0n) is 12.4. The summed E-state index contributed by atoms with van der Waals surface area (Å²) in [5.41, 5.74) is 19.2. The summed E-state index contributed by atoms with van der Waals surface area (Å²) < 4.78 is 0. The first-order valence-electron chi connectivity index (χ1n) is 7.19. The van der Waals surface area contributed by atoms with E-state index in [1.807, 2.05) is 18.2 Å². The molecule has 104 valence electrons. The molecule has 2 nitrogen and oxygen atoms in total. The van der Waals surface area contributed by atoms with Crippen LogP contribution in [0.15, 0.2) is 36.4 Å². The van der Waals surface area contributed by atoms with Gasteiger partial charge >= 0.3 is 0 Å². The van der Waals surface area contributed by atoms with E-state index >= 15 is 0 Å². The van der Waals surface area contributed by atoms with Gasteiger partial charge in [0.25, 0.3) is 0 Å². The predicted octanol–water partition coefficient (Wildman–Crippen LogP) is 4.30. The predicted molar refractivity (Wildman–Crippen MR) is 86.8 cm³/mol. The van der Waals surface area contributed by atoms with Crippen molar-refractivity contribution in [2.24, 2.45) is 0 Å². The highest BCUT2D eigenvalue weighted by Crippen LogP contribution is 2.50. The van der Waals surface area contributed by atoms with E-state index in [1.54, 1.807) is 0 Å². The topological polar surface area (TPSA) is 52.0 Å². The molecule has 0 bridgehead atoms. The van der Waals surface area contributed by atoms with Crippen LogP contribution in [0.3, 0.4) is 0 Å². The summed E-state index contributed by atoms with van der Waals surface area (Å²) in [6.07, 6.45) is 1.17. The Labute approximate surface area is 120 Å². The zero-order valence-corrected chi connectivity index (χ0v) is 12.4. The Balaban J connectivity index is 2.27. The number of nitrogens with two attached hydrogens (primary N) is 2. The van der Waals surface area contributed by atoms with Gasteiger partial charge in [-0.3, -0.25) is 0 Å². The van der Waals surface area contributed by atoms with E-state index in [0.717, 1.165) is 16.9 Å². The molecule has 1 aliphatic rings. The first-order chi connectivity index (χ1) is 9.40. The Kier molecular flexibility index (Phi) is 2.79. The van der Waals surface area contributed by atoms with Gasteiger partial charge < -0.3 is 11.5 Å². The van der Waals surface area contributed by atoms with Gasteiger partial charge in [0.05, 0.1) is 0 Å². The van der Waals surface area contributed by atoms with Crippen LogP contribution in [0.25, 0.3) is 11.1 Å². The maximum Gasteiger partial charge on any atom is 0.0396 e. The second-order valence-corrected chi connectivity index (χ2v) is 6.60. The second-order valence-electron chi connectivity index (χ2n) is 6.60. The van der Waals surface area contributed by atoms with Gasteiger partial charge in [0.1, 0.15) is 0 Å². The summed E-state index contributed by atoms with van der Waals surface area (Å²) >= 11 is 0. The van der Waals surface area contributed by atoms with Gasteiger partial charge in [-0.25, -0.2) is 0 Å². The molecule has 2 heteroatoms. The highest BCUT2D eigenvalue weighted by atomic mass is 14.6. The van der Waals surface area contributed by atoms with Crippen molar-refractivity contribution in [1.82, 2.24) is 0 Å². The Hall–Kier alpha value is -1.96. The number of rotatable bonds is 1. The molecule has 0 radical (unpaired) electrons. The Bertz CT molecular complexity index is 654. The van der Waals surface area contributed by atoms with Gasteiger partial charge in [0.2, 0.25) is 0 Å². The van der Waals surface area contributed by atoms with E-state index in [9.17, 15) is 0 Å². The zero-order chi connectivity index (χ0) is 14.5. The van der Waals surface area contributed by atoms with Gasteiger partial charge in [-0.05, 0) is 52.6 Å². The average molecular weight is 266 g/mol. The summed E-state index contributed by atoms with van der Waals surface area (Å²) in [4.78, 5) is 0. The molecule has 1 atom stereocenters. The van der Waals surface area contributed by atoms with E-state index < -0.39 is 0 Å². The highest BCUT2D eigenvalue weighted by Gasteiger charge is 2.36. The molecule has 20 heavy (non-hydrogen) atoms. The monoisotopic (exact) mass is 266 g/mol. The van der Waals surface area contributed by atoms with Crippen molar-refractivity contribution in [2.75, 3.05) is 11.5 Å². The molecule has 4 N–H and O–H groups in total. The van der Waals surface area contributed by atoms with Gasteiger partial charge in [0, 0.05) is 16.9 Å². The second kappa shape index (κ2) is 4.27. The summed E-state index contributed by atoms with van der Waals surface area (Å²) in [7, 11) is 0. The fraction of sp³-hybridized carbons (Fsp3) is 0.333. The standard InChI is InChI=1S/C18H22N2/c1-11-10-18(2,3)14-8-9-15(20)17(16(11)14)12-4-6-13(19)7-5-12/h4-9,11H,10,19-20H2,1-3H3. The van der Waals surface area contributed by atoms with Gasteiger partial charge in [-0.1, -0.05) is 39.0 Å². The van der Waals surface area contributed by atoms with Crippen molar-refractivity contribution in [3.8, 4) is 11.1 Å². The molecule has 0 aliphatic heterocycles. The van der Waals surface area contributed by atoms with Crippen molar-refractivity contribution in [2.45, 2.75) is 38.5 Å². The summed E-state index contributed by atoms with van der Waals surface area (Å²) in [6.45, 7) is 6.93. The summed E-state index contributed by atoms with van der Waals surface area (Å²) in [6, 6.07) is 12.3. The minimum Gasteiger partial charge on any atom is -0.399 e. The van der Waals surface area contributed by atoms with Gasteiger partial charge in [-0.15, -0.1) is 0 Å². The first-order valence-corrected chi connectivity index (χ1v) is 7.19. The van der Waals surface area contributed by atoms with Crippen molar-refractivity contribution < 1.29 is 0 Å². The molecule has 1 aliphatic carbocycles. The normalized spacial score (nSPS) is 19.9. The third-order valence-corrected chi connectivity index (χ3v) is 4.52. The van der Waals surface area contributed by atoms with Crippen molar-refractivity contribution in [3.05, 3.63) is 47.5 Å². The Morgan fingerprint density at radius 3 is 2.30 bits per heavy atom. The largest absolute Gasteiger partial charge is 0.399 e. The van der Waals surface area contributed by atoms with Crippen LogP contribution >= 0.6 is 0 Å². The van der Waals surface area contributed by atoms with Crippen LogP contribution in [0.5, 0.6) is 0 Å². The molecule has 2 aromatic carbocycles. The maximum absolute atomic E-state index is 6.28. The molecule has 0 saturated heterocycles. The molecule has 3 rings (SSSR count). The Morgan fingerprint density at radius 1 is 1.00 bits per heavy atom. The van der Waals surface area contributed by atoms with Crippen LogP contribution in [0.1, 0.15) is 44.2 Å². The van der Waals surface area contributed by atoms with Crippen LogP contribution in [0.4, 0.5) is 11.4 Å². The minimum absolute atomic E-state index is 0.227. The van der Waals surface area contributed by atoms with Crippen molar-refractivity contribution in [3.63, 3.8) is 0 Å². The highest BCUT2D eigenvalue weighted by molar-refractivity contribution is 5.82. The summed E-state index contributed by atoms with van der Waals surface area (Å²) in [5, 5.41) is 0. The minimum atomic E-state index is 0.227. The molecule has 0 fully saturated rings. The van der Waals surface area contributed by atoms with Crippen molar-refractivity contribution in [1.29, 1.82) is 0 Å². The fourth-order valence-electron chi connectivity index (χ4n) is 3.69. The molecular weight excluding hydrogens is 244 g/mol. The van der Waals surface area contributed by atoms with Gasteiger partial charge in [-0.2, -0.15) is 0 Å². The van der Waals surface area contributed by atoms with Crippen molar-refractivity contribution >= 4 is 11.4 Å². The lowest BCUT2D eigenvalue weighted by molar-refractivity contribution is 0.489. The molecule has 0 aromatic heterocycles. The van der Waals surface area contributed by atoms with Crippen LogP contribution in [-0.4, -0.2) is 0 Å². The molecule has 0 saturated carbocycles. The van der Waals surface area contributed by atoms with E-state index in [-0.39, 0.29) is 5.41 Å². The van der Waals surface area contributed by atoms with E-state index in [1.165, 1.54) is 23.1 Å². The maximum atomic E-state index is 6.28. The Morgan fingerprint density at radius 2 is 1.65 bits per heavy atom. The fourth-order valence-corrected chi connectivity index (χ4v) is 3.69. The number of anilines is 2. The third-order valence-electron chi connectivity index (χ3n) is 4.52. The lowest BCUT2D eigenvalue weighted by atomic mass is 9.85. The molecule has 0 amide bonds. The van der Waals surface area contributed by atoms with E-state index in [4.69, 9.17) is 11.5 Å². The number of nitrogen functional groups attached to an aromatic ring is 2. The van der Waals surface area contributed by atoms with E-state index in [0.29, 0.717) is 5.92 Å². The number of benzene rings is 2. The lowest BCUT2D eigenvalue weighted by Crippen LogP contribution is -2.12. The molecular formula is C18H22N2. The van der Waals surface area contributed by atoms with Crippen LogP contribution < -0.4 is 11.5 Å². The number of hydrogen-bond acceptors (Lipinski definition) is 2. The SMILES string of the molecule is CC1CC(C)(C)c2ccc(N)c(-c3ccc(N)cc3)c21. The number of hydrogen-bond donors (Lipinski definition) is 2. The average Bonchev–Trinajstić information content (AvgIpc) is 2.61. The van der Waals surface area contributed by atoms with Crippen LogP contribution in [0.2, 0.25) is 0 Å². The summed E-state index contributed by atoms with van der Waals surface area (Å²) in [5.74, 6) is 0.538. The number of fused-ring (bicyclic) bond motifs is 1. The third kappa shape index (κ3) is 1.87. The quantitative estimate of drug-likeness (QED) is 0.756.